The van der Waals surface area contributed by atoms with Gasteiger partial charge in [-0.3, -0.25) is 9.59 Å². The van der Waals surface area contributed by atoms with Gasteiger partial charge >= 0.3 is 0 Å². The minimum Gasteiger partial charge on any atom is -0.344 e. The maximum atomic E-state index is 11.7. The van der Waals surface area contributed by atoms with E-state index in [0.29, 0.717) is 12.8 Å². The molecule has 1 aromatic carbocycles. The summed E-state index contributed by atoms with van der Waals surface area (Å²) in [6.07, 6.45) is 1.01. The Morgan fingerprint density at radius 2 is 2.31 bits per heavy atom. The summed E-state index contributed by atoms with van der Waals surface area (Å²) in [6.45, 7) is 0. The van der Waals surface area contributed by atoms with Gasteiger partial charge in [-0.25, -0.2) is 0 Å². The minimum absolute atomic E-state index is 0.0530. The summed E-state index contributed by atoms with van der Waals surface area (Å²) in [6, 6.07) is 7.16. The molecule has 0 radical (unpaired) electrons. The second-order valence-electron chi connectivity index (χ2n) is 3.66. The maximum Gasteiger partial charge on any atom is 0.246 e. The fraction of sp³-hybridized carbons (Fsp3) is 0.273. The molecular weight excluding hydrogens is 319 g/mol. The zero-order chi connectivity index (χ0) is 11.5. The van der Waals surface area contributed by atoms with E-state index in [2.05, 4.69) is 33.2 Å². The lowest BCUT2D eigenvalue weighted by Gasteiger charge is -2.10. The standard InChI is InChI=1S/C11H11IN2O2/c12-7-2-1-3-8(6-7)13-11(16)9-4-5-10(15)14-9/h1-3,6,9H,4-5H2,(H,13,16)(H,14,15)/t9-/m0/s1. The molecule has 0 aromatic heterocycles. The lowest BCUT2D eigenvalue weighted by atomic mass is 10.2. The summed E-state index contributed by atoms with van der Waals surface area (Å²) in [5.74, 6) is -0.198. The van der Waals surface area contributed by atoms with E-state index in [9.17, 15) is 9.59 Å². The average molecular weight is 330 g/mol. The Labute approximate surface area is 107 Å². The molecule has 0 saturated carbocycles. The van der Waals surface area contributed by atoms with Gasteiger partial charge in [-0.1, -0.05) is 6.07 Å². The molecule has 0 spiro atoms. The smallest absolute Gasteiger partial charge is 0.246 e. The molecule has 1 aliphatic rings. The Kier molecular flexibility index (Phi) is 3.42. The lowest BCUT2D eigenvalue weighted by Crippen LogP contribution is -2.37. The normalized spacial score (nSPS) is 19.3. The first-order valence-corrected chi connectivity index (χ1v) is 6.09. The van der Waals surface area contributed by atoms with Crippen LogP contribution in [-0.2, 0) is 9.59 Å². The third kappa shape index (κ3) is 2.72. The monoisotopic (exact) mass is 330 g/mol. The Bertz CT molecular complexity index is 434. The van der Waals surface area contributed by atoms with Gasteiger partial charge in [0.15, 0.2) is 0 Å². The number of carbonyl (C=O) groups is 2. The second kappa shape index (κ2) is 4.82. The number of anilines is 1. The predicted molar refractivity (Wildman–Crippen MR) is 69.0 cm³/mol. The number of hydrogen-bond acceptors (Lipinski definition) is 2. The van der Waals surface area contributed by atoms with Crippen molar-refractivity contribution in [2.75, 3.05) is 5.32 Å². The van der Waals surface area contributed by atoms with Crippen LogP contribution in [0.25, 0.3) is 0 Å². The molecule has 1 saturated heterocycles. The van der Waals surface area contributed by atoms with Crippen molar-refractivity contribution in [3.05, 3.63) is 27.8 Å². The van der Waals surface area contributed by atoms with E-state index in [-0.39, 0.29) is 17.9 Å². The maximum absolute atomic E-state index is 11.7. The van der Waals surface area contributed by atoms with Gasteiger partial charge in [0.1, 0.15) is 6.04 Å². The van der Waals surface area contributed by atoms with Crippen molar-refractivity contribution in [3.63, 3.8) is 0 Å². The predicted octanol–water partition coefficient (Wildman–Crippen LogP) is 1.51. The number of benzene rings is 1. The van der Waals surface area contributed by atoms with Crippen LogP contribution in [0.3, 0.4) is 0 Å². The van der Waals surface area contributed by atoms with Crippen LogP contribution in [0.2, 0.25) is 0 Å². The van der Waals surface area contributed by atoms with Crippen LogP contribution in [0.4, 0.5) is 5.69 Å². The molecule has 0 bridgehead atoms. The molecule has 0 aliphatic carbocycles. The lowest BCUT2D eigenvalue weighted by molar-refractivity contribution is -0.122. The quantitative estimate of drug-likeness (QED) is 0.808. The van der Waals surface area contributed by atoms with E-state index >= 15 is 0 Å². The van der Waals surface area contributed by atoms with Gasteiger partial charge in [0.05, 0.1) is 0 Å². The van der Waals surface area contributed by atoms with Crippen LogP contribution in [0.15, 0.2) is 24.3 Å². The molecule has 1 aromatic rings. The van der Waals surface area contributed by atoms with E-state index < -0.39 is 0 Å². The van der Waals surface area contributed by atoms with Crippen LogP contribution >= 0.6 is 22.6 Å². The first kappa shape index (κ1) is 11.4. The van der Waals surface area contributed by atoms with Crippen molar-refractivity contribution in [1.82, 2.24) is 5.32 Å². The summed E-state index contributed by atoms with van der Waals surface area (Å²) in [4.78, 5) is 22.7. The highest BCUT2D eigenvalue weighted by molar-refractivity contribution is 14.1. The fourth-order valence-electron chi connectivity index (χ4n) is 1.61. The highest BCUT2D eigenvalue weighted by Gasteiger charge is 2.26. The molecule has 5 heteroatoms. The highest BCUT2D eigenvalue weighted by atomic mass is 127. The van der Waals surface area contributed by atoms with Gasteiger partial charge in [-0.2, -0.15) is 0 Å². The van der Waals surface area contributed by atoms with Crippen LogP contribution in [-0.4, -0.2) is 17.9 Å². The summed E-state index contributed by atoms with van der Waals surface area (Å²) >= 11 is 2.18. The van der Waals surface area contributed by atoms with Gasteiger partial charge in [0, 0.05) is 15.7 Å². The van der Waals surface area contributed by atoms with Gasteiger partial charge in [-0.15, -0.1) is 0 Å². The third-order valence-corrected chi connectivity index (χ3v) is 3.07. The molecule has 1 atom stereocenters. The summed E-state index contributed by atoms with van der Waals surface area (Å²) in [5, 5.41) is 5.42. The summed E-state index contributed by atoms with van der Waals surface area (Å²) in [7, 11) is 0. The van der Waals surface area contributed by atoms with Gasteiger partial charge in [0.25, 0.3) is 0 Å². The van der Waals surface area contributed by atoms with E-state index in [1.54, 1.807) is 0 Å². The third-order valence-electron chi connectivity index (χ3n) is 2.40. The molecule has 2 rings (SSSR count). The van der Waals surface area contributed by atoms with Crippen LogP contribution in [0, 0.1) is 3.57 Å². The molecule has 84 valence electrons. The van der Waals surface area contributed by atoms with Gasteiger partial charge < -0.3 is 10.6 Å². The second-order valence-corrected chi connectivity index (χ2v) is 4.90. The molecule has 16 heavy (non-hydrogen) atoms. The van der Waals surface area contributed by atoms with Crippen LogP contribution < -0.4 is 10.6 Å². The topological polar surface area (TPSA) is 58.2 Å². The molecule has 4 nitrogen and oxygen atoms in total. The Morgan fingerprint density at radius 3 is 2.94 bits per heavy atom. The molecule has 1 aliphatic heterocycles. The van der Waals surface area contributed by atoms with Crippen molar-refractivity contribution < 1.29 is 9.59 Å². The zero-order valence-electron chi connectivity index (χ0n) is 8.50. The zero-order valence-corrected chi connectivity index (χ0v) is 10.7. The highest BCUT2D eigenvalue weighted by Crippen LogP contribution is 2.14. The van der Waals surface area contributed by atoms with Crippen molar-refractivity contribution in [3.8, 4) is 0 Å². The van der Waals surface area contributed by atoms with Crippen molar-refractivity contribution in [1.29, 1.82) is 0 Å². The Hall–Kier alpha value is -1.11. The minimum atomic E-state index is -0.384. The number of rotatable bonds is 2. The SMILES string of the molecule is O=C1CC[C@@H](C(=O)Nc2cccc(I)c2)N1. The molecule has 2 N–H and O–H groups in total. The van der Waals surface area contributed by atoms with Crippen LogP contribution in [0.5, 0.6) is 0 Å². The molecule has 2 amide bonds. The number of halogens is 1. The summed E-state index contributed by atoms with van der Waals surface area (Å²) in [5.41, 5.74) is 0.762. The van der Waals surface area contributed by atoms with Crippen molar-refractivity contribution >= 4 is 40.1 Å². The van der Waals surface area contributed by atoms with E-state index in [4.69, 9.17) is 0 Å². The Morgan fingerprint density at radius 1 is 1.50 bits per heavy atom. The van der Waals surface area contributed by atoms with E-state index in [0.717, 1.165) is 9.26 Å². The molecular formula is C11H11IN2O2. The number of amides is 2. The van der Waals surface area contributed by atoms with Gasteiger partial charge in [-0.05, 0) is 47.2 Å². The first-order valence-electron chi connectivity index (χ1n) is 5.01. The van der Waals surface area contributed by atoms with Gasteiger partial charge in [0.2, 0.25) is 11.8 Å². The molecule has 1 heterocycles. The van der Waals surface area contributed by atoms with E-state index in [1.807, 2.05) is 24.3 Å². The Balaban J connectivity index is 1.99. The van der Waals surface area contributed by atoms with E-state index in [1.165, 1.54) is 0 Å². The average Bonchev–Trinajstić information content (AvgIpc) is 2.65. The summed E-state index contributed by atoms with van der Waals surface area (Å²) < 4.78 is 1.06. The number of hydrogen-bond donors (Lipinski definition) is 2. The number of carbonyl (C=O) groups excluding carboxylic acids is 2. The molecule has 1 fully saturated rings. The fourth-order valence-corrected chi connectivity index (χ4v) is 2.15. The van der Waals surface area contributed by atoms with Crippen LogP contribution in [0.1, 0.15) is 12.8 Å². The number of nitrogens with one attached hydrogen (secondary N) is 2. The largest absolute Gasteiger partial charge is 0.344 e. The van der Waals surface area contributed by atoms with Crippen molar-refractivity contribution in [2.45, 2.75) is 18.9 Å². The van der Waals surface area contributed by atoms with Crippen molar-refractivity contribution in [2.24, 2.45) is 0 Å². The molecule has 0 unspecified atom stereocenters. The first-order chi connectivity index (χ1) is 7.65.